The van der Waals surface area contributed by atoms with Gasteiger partial charge in [-0.15, -0.1) is 0 Å². The molecule has 0 aromatic carbocycles. The van der Waals surface area contributed by atoms with E-state index in [9.17, 15) is 4.79 Å². The maximum atomic E-state index is 10.7. The third-order valence-electron chi connectivity index (χ3n) is 3.26. The second kappa shape index (κ2) is 4.69. The minimum atomic E-state index is -0.914. The standard InChI is InChI=1S/C11H18O5/c1-8(10(12)13)16-9-2-4-15-11(6-9)3-5-14-7-11/h8-9H,2-7H2,1H3,(H,12,13)/t8-,9?,11?/m0/s1. The van der Waals surface area contributed by atoms with Crippen molar-refractivity contribution >= 4 is 5.97 Å². The van der Waals surface area contributed by atoms with Gasteiger partial charge in [0.05, 0.1) is 18.3 Å². The van der Waals surface area contributed by atoms with E-state index in [1.807, 2.05) is 0 Å². The van der Waals surface area contributed by atoms with Crippen molar-refractivity contribution in [3.05, 3.63) is 0 Å². The summed E-state index contributed by atoms with van der Waals surface area (Å²) in [4.78, 5) is 10.7. The summed E-state index contributed by atoms with van der Waals surface area (Å²) in [6.45, 7) is 3.52. The Kier molecular flexibility index (Phi) is 3.47. The molecule has 2 saturated heterocycles. The second-order valence-electron chi connectivity index (χ2n) is 4.57. The van der Waals surface area contributed by atoms with E-state index in [1.165, 1.54) is 0 Å². The first-order chi connectivity index (χ1) is 7.61. The van der Waals surface area contributed by atoms with E-state index < -0.39 is 12.1 Å². The second-order valence-corrected chi connectivity index (χ2v) is 4.57. The van der Waals surface area contributed by atoms with Gasteiger partial charge in [0, 0.05) is 26.1 Å². The summed E-state index contributed by atoms with van der Waals surface area (Å²) in [7, 11) is 0. The van der Waals surface area contributed by atoms with Gasteiger partial charge in [0.15, 0.2) is 6.10 Å². The molecule has 1 spiro atoms. The van der Waals surface area contributed by atoms with Crippen LogP contribution in [0.3, 0.4) is 0 Å². The lowest BCUT2D eigenvalue weighted by Crippen LogP contribution is -2.44. The van der Waals surface area contributed by atoms with Crippen LogP contribution in [0.5, 0.6) is 0 Å². The van der Waals surface area contributed by atoms with Crippen LogP contribution in [0.25, 0.3) is 0 Å². The van der Waals surface area contributed by atoms with Gasteiger partial charge in [-0.25, -0.2) is 4.79 Å². The molecule has 0 aromatic heterocycles. The van der Waals surface area contributed by atoms with Gasteiger partial charge >= 0.3 is 5.97 Å². The van der Waals surface area contributed by atoms with Crippen LogP contribution in [0.15, 0.2) is 0 Å². The zero-order valence-electron chi connectivity index (χ0n) is 9.48. The molecule has 2 rings (SSSR count). The molecule has 5 nitrogen and oxygen atoms in total. The van der Waals surface area contributed by atoms with Gasteiger partial charge in [-0.05, 0) is 13.3 Å². The SMILES string of the molecule is C[C@H](OC1CCOC2(CCOC2)C1)C(=O)O. The number of aliphatic carboxylic acids is 1. The van der Waals surface area contributed by atoms with Gasteiger partial charge in [0.1, 0.15) is 0 Å². The monoisotopic (exact) mass is 230 g/mol. The highest BCUT2D eigenvalue weighted by molar-refractivity contribution is 5.71. The molecular formula is C11H18O5. The Hall–Kier alpha value is -0.650. The number of hydrogen-bond donors (Lipinski definition) is 1. The molecule has 2 aliphatic heterocycles. The van der Waals surface area contributed by atoms with Gasteiger partial charge in [0.2, 0.25) is 0 Å². The quantitative estimate of drug-likeness (QED) is 0.777. The molecule has 2 fully saturated rings. The highest BCUT2D eigenvalue weighted by Crippen LogP contribution is 2.34. The van der Waals surface area contributed by atoms with E-state index in [0.717, 1.165) is 25.9 Å². The van der Waals surface area contributed by atoms with Crippen LogP contribution >= 0.6 is 0 Å². The first kappa shape index (κ1) is 11.8. The Balaban J connectivity index is 1.89. The zero-order valence-corrected chi connectivity index (χ0v) is 9.48. The Bertz CT molecular complexity index is 259. The Morgan fingerprint density at radius 1 is 1.56 bits per heavy atom. The average molecular weight is 230 g/mol. The molecule has 92 valence electrons. The molecule has 16 heavy (non-hydrogen) atoms. The Morgan fingerprint density at radius 3 is 3.00 bits per heavy atom. The minimum Gasteiger partial charge on any atom is -0.479 e. The van der Waals surface area contributed by atoms with Crippen LogP contribution in [-0.2, 0) is 19.0 Å². The van der Waals surface area contributed by atoms with E-state index in [-0.39, 0.29) is 11.7 Å². The normalized spacial score (nSPS) is 36.4. The van der Waals surface area contributed by atoms with Crippen molar-refractivity contribution in [3.8, 4) is 0 Å². The summed E-state index contributed by atoms with van der Waals surface area (Å²) < 4.78 is 16.6. The molecule has 3 atom stereocenters. The topological polar surface area (TPSA) is 65.0 Å². The van der Waals surface area contributed by atoms with Crippen molar-refractivity contribution in [1.29, 1.82) is 0 Å². The molecule has 0 aliphatic carbocycles. The van der Waals surface area contributed by atoms with Crippen LogP contribution in [0.4, 0.5) is 0 Å². The summed E-state index contributed by atoms with van der Waals surface area (Å²) in [6.07, 6.45) is 1.61. The van der Waals surface area contributed by atoms with Gasteiger partial charge in [0.25, 0.3) is 0 Å². The molecule has 0 amide bonds. The lowest BCUT2D eigenvalue weighted by molar-refractivity contribution is -0.169. The number of ether oxygens (including phenoxy) is 3. The van der Waals surface area contributed by atoms with E-state index in [1.54, 1.807) is 6.92 Å². The lowest BCUT2D eigenvalue weighted by atomic mass is 9.91. The number of carboxylic acid groups (broad SMARTS) is 1. The van der Waals surface area contributed by atoms with Crippen molar-refractivity contribution in [1.82, 2.24) is 0 Å². The summed E-state index contributed by atoms with van der Waals surface area (Å²) in [6, 6.07) is 0. The van der Waals surface area contributed by atoms with Crippen molar-refractivity contribution < 1.29 is 24.1 Å². The van der Waals surface area contributed by atoms with Crippen molar-refractivity contribution in [2.24, 2.45) is 0 Å². The molecular weight excluding hydrogens is 212 g/mol. The fourth-order valence-electron chi connectivity index (χ4n) is 2.31. The molecule has 2 heterocycles. The van der Waals surface area contributed by atoms with E-state index in [0.29, 0.717) is 13.2 Å². The fraction of sp³-hybridized carbons (Fsp3) is 0.909. The molecule has 1 N–H and O–H groups in total. The number of carbonyl (C=O) groups is 1. The number of rotatable bonds is 3. The first-order valence-corrected chi connectivity index (χ1v) is 5.71. The van der Waals surface area contributed by atoms with Crippen molar-refractivity contribution in [2.75, 3.05) is 19.8 Å². The minimum absolute atomic E-state index is 0.0263. The highest BCUT2D eigenvalue weighted by atomic mass is 16.6. The summed E-state index contributed by atoms with van der Waals surface area (Å²) in [5.74, 6) is -0.914. The number of carboxylic acids is 1. The molecule has 0 bridgehead atoms. The third kappa shape index (κ3) is 2.53. The van der Waals surface area contributed by atoms with Crippen LogP contribution in [0.1, 0.15) is 26.2 Å². The first-order valence-electron chi connectivity index (χ1n) is 5.71. The Labute approximate surface area is 94.7 Å². The molecule has 0 aromatic rings. The summed E-state index contributed by atoms with van der Waals surface area (Å²) in [5, 5.41) is 8.79. The van der Waals surface area contributed by atoms with E-state index >= 15 is 0 Å². The van der Waals surface area contributed by atoms with Crippen LogP contribution in [-0.4, -0.2) is 48.7 Å². The number of hydrogen-bond acceptors (Lipinski definition) is 4. The maximum Gasteiger partial charge on any atom is 0.332 e. The van der Waals surface area contributed by atoms with E-state index in [2.05, 4.69) is 0 Å². The van der Waals surface area contributed by atoms with Gasteiger partial charge < -0.3 is 19.3 Å². The van der Waals surface area contributed by atoms with E-state index in [4.69, 9.17) is 19.3 Å². The Morgan fingerprint density at radius 2 is 2.38 bits per heavy atom. The van der Waals surface area contributed by atoms with Crippen molar-refractivity contribution in [2.45, 2.75) is 44.0 Å². The zero-order chi connectivity index (χ0) is 11.6. The maximum absolute atomic E-state index is 10.7. The summed E-state index contributed by atoms with van der Waals surface area (Å²) >= 11 is 0. The average Bonchev–Trinajstić information content (AvgIpc) is 2.66. The van der Waals surface area contributed by atoms with Gasteiger partial charge in [-0.1, -0.05) is 0 Å². The predicted octanol–water partition coefficient (Wildman–Crippen LogP) is 0.814. The van der Waals surface area contributed by atoms with Crippen LogP contribution in [0.2, 0.25) is 0 Å². The highest BCUT2D eigenvalue weighted by Gasteiger charge is 2.42. The van der Waals surface area contributed by atoms with Crippen molar-refractivity contribution in [3.63, 3.8) is 0 Å². The predicted molar refractivity (Wildman–Crippen MR) is 55.3 cm³/mol. The molecule has 5 heteroatoms. The molecule has 2 aliphatic rings. The molecule has 0 saturated carbocycles. The largest absolute Gasteiger partial charge is 0.479 e. The fourth-order valence-corrected chi connectivity index (χ4v) is 2.31. The smallest absolute Gasteiger partial charge is 0.332 e. The van der Waals surface area contributed by atoms with Gasteiger partial charge in [-0.3, -0.25) is 0 Å². The van der Waals surface area contributed by atoms with Crippen LogP contribution < -0.4 is 0 Å². The van der Waals surface area contributed by atoms with Gasteiger partial charge in [-0.2, -0.15) is 0 Å². The summed E-state index contributed by atoms with van der Waals surface area (Å²) in [5.41, 5.74) is -0.221. The lowest BCUT2D eigenvalue weighted by Gasteiger charge is -2.37. The third-order valence-corrected chi connectivity index (χ3v) is 3.26. The van der Waals surface area contributed by atoms with Crippen LogP contribution in [0, 0.1) is 0 Å². The molecule has 0 radical (unpaired) electrons. The molecule has 2 unspecified atom stereocenters.